The van der Waals surface area contributed by atoms with Crippen molar-refractivity contribution < 1.29 is 9.53 Å². The van der Waals surface area contributed by atoms with Gasteiger partial charge >= 0.3 is 0 Å². The summed E-state index contributed by atoms with van der Waals surface area (Å²) in [5.41, 5.74) is 7.99. The molecule has 1 rings (SSSR count). The first-order chi connectivity index (χ1) is 8.04. The third-order valence-corrected chi connectivity index (χ3v) is 2.58. The third kappa shape index (κ3) is 5.04. The van der Waals surface area contributed by atoms with Crippen molar-refractivity contribution in [3.8, 4) is 0 Å². The zero-order chi connectivity index (χ0) is 12.8. The Morgan fingerprint density at radius 1 is 1.39 bits per heavy atom. The molecule has 0 aromatic heterocycles. The van der Waals surface area contributed by atoms with E-state index < -0.39 is 6.04 Å². The van der Waals surface area contributed by atoms with E-state index in [4.69, 9.17) is 10.5 Å². The van der Waals surface area contributed by atoms with Crippen LogP contribution in [0.1, 0.15) is 11.1 Å². The van der Waals surface area contributed by atoms with Gasteiger partial charge in [-0.3, -0.25) is 4.79 Å². The first-order valence-electron chi connectivity index (χ1n) is 5.59. The van der Waals surface area contributed by atoms with Crippen molar-refractivity contribution in [2.75, 3.05) is 20.8 Å². The monoisotopic (exact) mass is 272 g/mol. The van der Waals surface area contributed by atoms with Gasteiger partial charge < -0.3 is 15.4 Å². The van der Waals surface area contributed by atoms with Crippen molar-refractivity contribution in [1.82, 2.24) is 4.90 Å². The maximum absolute atomic E-state index is 11.8. The number of carbonyl (C=O) groups excluding carboxylic acids is 1. The van der Waals surface area contributed by atoms with Gasteiger partial charge in [-0.05, 0) is 12.5 Å². The molecule has 1 amide bonds. The molecular weight excluding hydrogens is 252 g/mol. The van der Waals surface area contributed by atoms with Crippen molar-refractivity contribution >= 4 is 18.3 Å². The number of hydrogen-bond acceptors (Lipinski definition) is 3. The molecule has 0 fully saturated rings. The topological polar surface area (TPSA) is 55.6 Å². The van der Waals surface area contributed by atoms with Gasteiger partial charge in [-0.25, -0.2) is 0 Å². The summed E-state index contributed by atoms with van der Waals surface area (Å²) in [6.07, 6.45) is 0. The second kappa shape index (κ2) is 8.08. The normalized spacial score (nSPS) is 11.6. The summed E-state index contributed by atoms with van der Waals surface area (Å²) in [4.78, 5) is 13.4. The molecule has 0 radical (unpaired) electrons. The predicted octanol–water partition coefficient (Wildman–Crippen LogP) is 1.35. The van der Waals surface area contributed by atoms with Gasteiger partial charge in [0.1, 0.15) is 6.04 Å². The van der Waals surface area contributed by atoms with Crippen molar-refractivity contribution in [1.29, 1.82) is 0 Å². The summed E-state index contributed by atoms with van der Waals surface area (Å²) < 4.78 is 4.87. The summed E-state index contributed by atoms with van der Waals surface area (Å²) in [6.45, 7) is 2.85. The first kappa shape index (κ1) is 16.9. The number of aryl methyl sites for hydroxylation is 1. The van der Waals surface area contributed by atoms with Crippen molar-refractivity contribution in [3.63, 3.8) is 0 Å². The van der Waals surface area contributed by atoms with Crippen LogP contribution in [0.25, 0.3) is 0 Å². The Bertz CT molecular complexity index is 368. The second-order valence-corrected chi connectivity index (χ2v) is 4.24. The largest absolute Gasteiger partial charge is 0.383 e. The first-order valence-corrected chi connectivity index (χ1v) is 5.59. The Kier molecular flexibility index (Phi) is 7.59. The molecule has 0 aliphatic carbocycles. The van der Waals surface area contributed by atoms with E-state index in [9.17, 15) is 4.79 Å². The number of hydrogen-bond donors (Lipinski definition) is 1. The molecule has 2 N–H and O–H groups in total. The van der Waals surface area contributed by atoms with Gasteiger partial charge in [-0.15, -0.1) is 12.4 Å². The Labute approximate surface area is 115 Å². The summed E-state index contributed by atoms with van der Waals surface area (Å²) in [5, 5.41) is 0. The van der Waals surface area contributed by atoms with Gasteiger partial charge in [0.25, 0.3) is 0 Å². The highest BCUT2D eigenvalue weighted by Gasteiger charge is 2.17. The third-order valence-electron chi connectivity index (χ3n) is 2.58. The lowest BCUT2D eigenvalue weighted by Gasteiger charge is -2.21. The van der Waals surface area contributed by atoms with Crippen molar-refractivity contribution in [2.24, 2.45) is 5.73 Å². The van der Waals surface area contributed by atoms with Crippen LogP contribution in [0.5, 0.6) is 0 Å². The summed E-state index contributed by atoms with van der Waals surface area (Å²) in [5.74, 6) is -0.104. The number of carbonyl (C=O) groups is 1. The van der Waals surface area contributed by atoms with Crippen LogP contribution in [0.4, 0.5) is 0 Å². The summed E-state index contributed by atoms with van der Waals surface area (Å²) in [7, 11) is 3.28. The molecule has 18 heavy (non-hydrogen) atoms. The van der Waals surface area contributed by atoms with Gasteiger partial charge in [-0.2, -0.15) is 0 Å². The fourth-order valence-electron chi connectivity index (χ4n) is 1.58. The fraction of sp³-hybridized carbons (Fsp3) is 0.462. The zero-order valence-electron chi connectivity index (χ0n) is 11.1. The molecule has 0 bridgehead atoms. The highest BCUT2D eigenvalue weighted by molar-refractivity contribution is 5.85. The Morgan fingerprint density at radius 2 is 1.94 bits per heavy atom. The molecule has 0 spiro atoms. The Morgan fingerprint density at radius 3 is 2.44 bits per heavy atom. The highest BCUT2D eigenvalue weighted by Crippen LogP contribution is 2.06. The van der Waals surface area contributed by atoms with Crippen LogP contribution in [0.15, 0.2) is 24.3 Å². The minimum Gasteiger partial charge on any atom is -0.383 e. The molecule has 0 saturated carbocycles. The number of likely N-dealkylation sites (N-methyl/N-ethyl adjacent to an activating group) is 1. The van der Waals surface area contributed by atoms with Crippen LogP contribution in [0.2, 0.25) is 0 Å². The molecule has 0 aliphatic rings. The average molecular weight is 273 g/mol. The van der Waals surface area contributed by atoms with Crippen LogP contribution < -0.4 is 5.73 Å². The molecule has 0 saturated heterocycles. The van der Waals surface area contributed by atoms with Gasteiger partial charge in [0.2, 0.25) is 5.91 Å². The van der Waals surface area contributed by atoms with Crippen LogP contribution in [-0.4, -0.2) is 37.6 Å². The molecule has 0 heterocycles. The molecule has 1 aromatic rings. The van der Waals surface area contributed by atoms with E-state index in [2.05, 4.69) is 0 Å². The maximum atomic E-state index is 11.8. The maximum Gasteiger partial charge on any atom is 0.241 e. The quantitative estimate of drug-likeness (QED) is 0.880. The minimum atomic E-state index is -0.588. The number of methoxy groups -OCH3 is 1. The fourth-order valence-corrected chi connectivity index (χ4v) is 1.58. The number of nitrogens with zero attached hydrogens (tertiary/aromatic N) is 1. The second-order valence-electron chi connectivity index (χ2n) is 4.24. The van der Waals surface area contributed by atoms with E-state index in [-0.39, 0.29) is 24.9 Å². The number of nitrogens with two attached hydrogens (primary N) is 1. The van der Waals surface area contributed by atoms with Gasteiger partial charge in [0, 0.05) is 20.7 Å². The van der Waals surface area contributed by atoms with Crippen LogP contribution in [-0.2, 0) is 16.1 Å². The summed E-state index contributed by atoms with van der Waals surface area (Å²) in [6, 6.07) is 7.50. The lowest BCUT2D eigenvalue weighted by molar-refractivity contribution is -0.132. The van der Waals surface area contributed by atoms with E-state index in [1.165, 1.54) is 12.7 Å². The molecular formula is C13H21ClN2O2. The van der Waals surface area contributed by atoms with Crippen molar-refractivity contribution in [3.05, 3.63) is 35.4 Å². The molecule has 0 aliphatic heterocycles. The number of benzene rings is 1. The van der Waals surface area contributed by atoms with E-state index in [1.807, 2.05) is 31.2 Å². The highest BCUT2D eigenvalue weighted by atomic mass is 35.5. The lowest BCUT2D eigenvalue weighted by Crippen LogP contribution is -2.44. The SMILES string of the molecule is COCC(N)C(=O)N(C)Cc1ccc(C)cc1.Cl. The minimum absolute atomic E-state index is 0. The standard InChI is InChI=1S/C13H20N2O2.ClH/c1-10-4-6-11(7-5-10)8-15(2)13(16)12(14)9-17-3;/h4-7,12H,8-9,14H2,1-3H3;1H. The Hall–Kier alpha value is -1.10. The van der Waals surface area contributed by atoms with E-state index in [1.54, 1.807) is 11.9 Å². The van der Waals surface area contributed by atoms with E-state index in [0.717, 1.165) is 5.56 Å². The zero-order valence-corrected chi connectivity index (χ0v) is 11.9. The average Bonchev–Trinajstić information content (AvgIpc) is 2.31. The number of rotatable bonds is 5. The molecule has 1 unspecified atom stereocenters. The predicted molar refractivity (Wildman–Crippen MR) is 74.8 cm³/mol. The molecule has 1 atom stereocenters. The van der Waals surface area contributed by atoms with Crippen LogP contribution in [0.3, 0.4) is 0 Å². The Balaban J connectivity index is 0.00000289. The number of ether oxygens (including phenoxy) is 1. The van der Waals surface area contributed by atoms with E-state index >= 15 is 0 Å². The van der Waals surface area contributed by atoms with Gasteiger partial charge in [-0.1, -0.05) is 29.8 Å². The summed E-state index contributed by atoms with van der Waals surface area (Å²) >= 11 is 0. The smallest absolute Gasteiger partial charge is 0.241 e. The van der Waals surface area contributed by atoms with E-state index in [0.29, 0.717) is 6.54 Å². The van der Waals surface area contributed by atoms with Crippen LogP contribution >= 0.6 is 12.4 Å². The van der Waals surface area contributed by atoms with Crippen LogP contribution in [0, 0.1) is 6.92 Å². The molecule has 102 valence electrons. The van der Waals surface area contributed by atoms with Gasteiger partial charge in [0.05, 0.1) is 6.61 Å². The lowest BCUT2D eigenvalue weighted by atomic mass is 10.1. The molecule has 5 heteroatoms. The number of amides is 1. The molecule has 4 nitrogen and oxygen atoms in total. The number of halogens is 1. The molecule has 1 aromatic carbocycles. The van der Waals surface area contributed by atoms with Gasteiger partial charge in [0.15, 0.2) is 0 Å². The van der Waals surface area contributed by atoms with Crippen molar-refractivity contribution in [2.45, 2.75) is 19.5 Å².